The molecule has 1 amide bonds. The largest absolute Gasteiger partial charge is 0.305 e. The van der Waals surface area contributed by atoms with Gasteiger partial charge in [-0.2, -0.15) is 0 Å². The summed E-state index contributed by atoms with van der Waals surface area (Å²) in [6, 6.07) is 15.9. The molecule has 0 spiro atoms. The van der Waals surface area contributed by atoms with Crippen molar-refractivity contribution in [3.8, 4) is 0 Å². The first kappa shape index (κ1) is 12.4. The van der Waals surface area contributed by atoms with Gasteiger partial charge in [0.25, 0.3) is 5.91 Å². The van der Waals surface area contributed by atoms with Crippen LogP contribution < -0.4 is 4.90 Å². The van der Waals surface area contributed by atoms with Gasteiger partial charge >= 0.3 is 0 Å². The molecule has 0 bridgehead atoms. The van der Waals surface area contributed by atoms with Crippen LogP contribution in [0.25, 0.3) is 0 Å². The maximum absolute atomic E-state index is 12.6. The van der Waals surface area contributed by atoms with Gasteiger partial charge in [-0.1, -0.05) is 34.1 Å². The Kier molecular flexibility index (Phi) is 3.15. The Bertz CT molecular complexity index is 621. The predicted octanol–water partition coefficient (Wildman–Crippen LogP) is 4.04. The highest BCUT2D eigenvalue weighted by atomic mass is 79.9. The molecule has 0 saturated carbocycles. The van der Waals surface area contributed by atoms with E-state index < -0.39 is 0 Å². The summed E-state index contributed by atoms with van der Waals surface area (Å²) in [6.07, 6.45) is 0.929. The lowest BCUT2D eigenvalue weighted by Gasteiger charge is -2.22. The van der Waals surface area contributed by atoms with Crippen LogP contribution in [0.5, 0.6) is 0 Å². The number of rotatable bonds is 1. The fourth-order valence-electron chi connectivity index (χ4n) is 2.61. The maximum atomic E-state index is 12.6. The number of benzene rings is 2. The SMILES string of the molecule is CC1Cc2ccccc2N1C(=O)c1ccc(Br)cc1. The second kappa shape index (κ2) is 4.82. The van der Waals surface area contributed by atoms with Gasteiger partial charge in [-0.15, -0.1) is 0 Å². The molecular weight excluding hydrogens is 302 g/mol. The Morgan fingerprint density at radius 2 is 1.84 bits per heavy atom. The van der Waals surface area contributed by atoms with E-state index in [1.165, 1.54) is 5.56 Å². The van der Waals surface area contributed by atoms with Gasteiger partial charge in [0.1, 0.15) is 0 Å². The Labute approximate surface area is 121 Å². The molecule has 19 heavy (non-hydrogen) atoms. The minimum Gasteiger partial charge on any atom is -0.305 e. The van der Waals surface area contributed by atoms with E-state index in [2.05, 4.69) is 28.9 Å². The number of nitrogens with zero attached hydrogens (tertiary/aromatic N) is 1. The number of hydrogen-bond acceptors (Lipinski definition) is 1. The van der Waals surface area contributed by atoms with Crippen molar-refractivity contribution < 1.29 is 4.79 Å². The van der Waals surface area contributed by atoms with Gasteiger partial charge in [0.05, 0.1) is 0 Å². The molecule has 3 rings (SSSR count). The molecular formula is C16H14BrNO. The van der Waals surface area contributed by atoms with Crippen molar-refractivity contribution in [1.29, 1.82) is 0 Å². The van der Waals surface area contributed by atoms with Gasteiger partial charge in [-0.25, -0.2) is 0 Å². The van der Waals surface area contributed by atoms with Crippen LogP contribution >= 0.6 is 15.9 Å². The average molecular weight is 316 g/mol. The summed E-state index contributed by atoms with van der Waals surface area (Å²) < 4.78 is 0.985. The second-order valence-corrected chi connectivity index (χ2v) is 5.78. The topological polar surface area (TPSA) is 20.3 Å². The number of carbonyl (C=O) groups is 1. The minimum atomic E-state index is 0.0740. The predicted molar refractivity (Wildman–Crippen MR) is 80.6 cm³/mol. The van der Waals surface area contributed by atoms with Crippen LogP contribution in [0.1, 0.15) is 22.8 Å². The van der Waals surface area contributed by atoms with Crippen molar-refractivity contribution in [2.45, 2.75) is 19.4 Å². The first-order valence-electron chi connectivity index (χ1n) is 6.34. The van der Waals surface area contributed by atoms with Gasteiger partial charge < -0.3 is 4.90 Å². The lowest BCUT2D eigenvalue weighted by atomic mass is 10.1. The summed E-state index contributed by atoms with van der Waals surface area (Å²) >= 11 is 3.39. The molecule has 2 aromatic carbocycles. The van der Waals surface area contributed by atoms with Crippen LogP contribution in [-0.2, 0) is 6.42 Å². The van der Waals surface area contributed by atoms with Crippen molar-refractivity contribution in [3.63, 3.8) is 0 Å². The van der Waals surface area contributed by atoms with Gasteiger partial charge in [0, 0.05) is 21.8 Å². The molecule has 1 unspecified atom stereocenters. The van der Waals surface area contributed by atoms with Crippen LogP contribution in [-0.4, -0.2) is 11.9 Å². The molecule has 2 nitrogen and oxygen atoms in total. The average Bonchev–Trinajstić information content (AvgIpc) is 2.74. The Hall–Kier alpha value is -1.61. The highest BCUT2D eigenvalue weighted by molar-refractivity contribution is 9.10. The number of anilines is 1. The van der Waals surface area contributed by atoms with E-state index in [0.29, 0.717) is 0 Å². The summed E-state index contributed by atoms with van der Waals surface area (Å²) in [5.74, 6) is 0.0740. The molecule has 1 atom stereocenters. The molecule has 0 radical (unpaired) electrons. The first-order valence-corrected chi connectivity index (χ1v) is 7.13. The van der Waals surface area contributed by atoms with Crippen LogP contribution in [0.15, 0.2) is 53.0 Å². The van der Waals surface area contributed by atoms with E-state index in [-0.39, 0.29) is 11.9 Å². The van der Waals surface area contributed by atoms with Crippen LogP contribution in [0.2, 0.25) is 0 Å². The molecule has 0 aliphatic carbocycles. The number of hydrogen-bond donors (Lipinski definition) is 0. The Morgan fingerprint density at radius 3 is 2.58 bits per heavy atom. The molecule has 3 heteroatoms. The number of fused-ring (bicyclic) bond motifs is 1. The van der Waals surface area contributed by atoms with Crippen LogP contribution in [0.3, 0.4) is 0 Å². The van der Waals surface area contributed by atoms with Crippen LogP contribution in [0, 0.1) is 0 Å². The normalized spacial score (nSPS) is 17.4. The summed E-state index contributed by atoms with van der Waals surface area (Å²) in [5, 5.41) is 0. The van der Waals surface area contributed by atoms with E-state index >= 15 is 0 Å². The minimum absolute atomic E-state index is 0.0740. The van der Waals surface area contributed by atoms with E-state index in [1.54, 1.807) is 0 Å². The lowest BCUT2D eigenvalue weighted by molar-refractivity contribution is 0.0981. The Balaban J connectivity index is 1.98. The standard InChI is InChI=1S/C16H14BrNO/c1-11-10-13-4-2-3-5-15(13)18(11)16(19)12-6-8-14(17)9-7-12/h2-9,11H,10H2,1H3. The lowest BCUT2D eigenvalue weighted by Crippen LogP contribution is -2.35. The summed E-state index contributed by atoms with van der Waals surface area (Å²) in [7, 11) is 0. The van der Waals surface area contributed by atoms with Crippen molar-refractivity contribution in [3.05, 3.63) is 64.1 Å². The zero-order valence-corrected chi connectivity index (χ0v) is 12.2. The summed E-state index contributed by atoms with van der Waals surface area (Å²) in [4.78, 5) is 14.5. The highest BCUT2D eigenvalue weighted by Crippen LogP contribution is 2.33. The third-order valence-electron chi connectivity index (χ3n) is 3.52. The fourth-order valence-corrected chi connectivity index (χ4v) is 2.87. The van der Waals surface area contributed by atoms with Crippen molar-refractivity contribution in [2.75, 3.05) is 4.90 Å². The number of halogens is 1. The zero-order chi connectivity index (χ0) is 13.4. The number of para-hydroxylation sites is 1. The monoisotopic (exact) mass is 315 g/mol. The quantitative estimate of drug-likeness (QED) is 0.777. The third-order valence-corrected chi connectivity index (χ3v) is 4.05. The fraction of sp³-hybridized carbons (Fsp3) is 0.188. The molecule has 2 aromatic rings. The van der Waals surface area contributed by atoms with E-state index in [9.17, 15) is 4.79 Å². The summed E-state index contributed by atoms with van der Waals surface area (Å²) in [6.45, 7) is 2.09. The zero-order valence-electron chi connectivity index (χ0n) is 10.6. The molecule has 96 valence electrons. The summed E-state index contributed by atoms with van der Waals surface area (Å²) in [5.41, 5.74) is 3.02. The van der Waals surface area contributed by atoms with Gasteiger partial charge in [0.15, 0.2) is 0 Å². The maximum Gasteiger partial charge on any atom is 0.258 e. The number of carbonyl (C=O) groups excluding carboxylic acids is 1. The van der Waals surface area contributed by atoms with Crippen LogP contribution in [0.4, 0.5) is 5.69 Å². The smallest absolute Gasteiger partial charge is 0.258 e. The molecule has 1 aliphatic rings. The van der Waals surface area contributed by atoms with Crippen molar-refractivity contribution >= 4 is 27.5 Å². The highest BCUT2D eigenvalue weighted by Gasteiger charge is 2.30. The van der Waals surface area contributed by atoms with E-state index in [4.69, 9.17) is 0 Å². The van der Waals surface area contributed by atoms with Crippen molar-refractivity contribution in [1.82, 2.24) is 0 Å². The first-order chi connectivity index (χ1) is 9.16. The van der Waals surface area contributed by atoms with Gasteiger partial charge in [-0.3, -0.25) is 4.79 Å². The second-order valence-electron chi connectivity index (χ2n) is 4.86. The van der Waals surface area contributed by atoms with E-state index in [1.807, 2.05) is 47.4 Å². The molecule has 1 aliphatic heterocycles. The van der Waals surface area contributed by atoms with Gasteiger partial charge in [0.2, 0.25) is 0 Å². The molecule has 0 saturated heterocycles. The Morgan fingerprint density at radius 1 is 1.16 bits per heavy atom. The van der Waals surface area contributed by atoms with Crippen molar-refractivity contribution in [2.24, 2.45) is 0 Å². The molecule has 1 heterocycles. The molecule has 0 fully saturated rings. The van der Waals surface area contributed by atoms with E-state index in [0.717, 1.165) is 22.1 Å². The third kappa shape index (κ3) is 2.19. The number of amides is 1. The van der Waals surface area contributed by atoms with Gasteiger partial charge in [-0.05, 0) is 49.2 Å². The molecule has 0 N–H and O–H groups in total. The molecule has 0 aromatic heterocycles.